The molecule has 4 aromatic carbocycles. The molecule has 0 amide bonds. The lowest BCUT2D eigenvalue weighted by Gasteiger charge is -2.43. The second kappa shape index (κ2) is 15.7. The van der Waals surface area contributed by atoms with Gasteiger partial charge in [0.15, 0.2) is 12.2 Å². The van der Waals surface area contributed by atoms with Crippen molar-refractivity contribution in [3.63, 3.8) is 0 Å². The second-order valence-corrected chi connectivity index (χ2v) is 18.0. The third kappa shape index (κ3) is 8.01. The summed E-state index contributed by atoms with van der Waals surface area (Å²) in [6, 6.07) is 31.5. The molecule has 3 atom stereocenters. The summed E-state index contributed by atoms with van der Waals surface area (Å²) in [5.41, 5.74) is 7.98. The molecule has 2 bridgehead atoms. The number of hydrogen-bond donors (Lipinski definition) is 0. The van der Waals surface area contributed by atoms with Gasteiger partial charge in [0, 0.05) is 22.9 Å². The quantitative estimate of drug-likeness (QED) is 0.0996. The van der Waals surface area contributed by atoms with Crippen molar-refractivity contribution in [1.82, 2.24) is 0 Å². The van der Waals surface area contributed by atoms with Crippen LogP contribution in [0.25, 0.3) is 11.0 Å². The maximum atomic E-state index is 14.5. The van der Waals surface area contributed by atoms with E-state index in [0.717, 1.165) is 59.8 Å². The van der Waals surface area contributed by atoms with E-state index in [9.17, 15) is 14.4 Å². The molecular formula is C51H54O7. The van der Waals surface area contributed by atoms with E-state index in [4.69, 9.17) is 18.6 Å². The normalized spacial score (nSPS) is 21.3. The minimum absolute atomic E-state index is 0.0365. The highest BCUT2D eigenvalue weighted by molar-refractivity contribution is 5.90. The van der Waals surface area contributed by atoms with Crippen LogP contribution in [-0.2, 0) is 56.6 Å². The van der Waals surface area contributed by atoms with E-state index >= 15 is 0 Å². The molecular weight excluding hydrogens is 725 g/mol. The molecule has 300 valence electrons. The van der Waals surface area contributed by atoms with Gasteiger partial charge in [-0.25, -0.2) is 9.59 Å². The van der Waals surface area contributed by atoms with Gasteiger partial charge in [-0.2, -0.15) is 0 Å². The standard InChI is InChI=1S/C51H54O7/c1-31(2)38-22-21-32-15-17-35(18-16-32)29-37(20-19-34-13-10-14-36(28-34)27-33-11-8-7-9-12-33)30-42(52)55-46-43-41(58-51(5,6)47(46)57-48(38)53)24-23-40-39-25-26-50(3,4)44(39)49(54)56-45(40)43/h7-18,23-24,28,37,46-47H,19-22,25-27,29-30H2,1-6H3/t37-,46-,47-/m0/s1. The van der Waals surface area contributed by atoms with E-state index < -0.39 is 35.4 Å². The lowest BCUT2D eigenvalue weighted by molar-refractivity contribution is -0.188. The van der Waals surface area contributed by atoms with Gasteiger partial charge in [-0.15, -0.1) is 0 Å². The topological polar surface area (TPSA) is 92.0 Å². The molecule has 58 heavy (non-hydrogen) atoms. The summed E-state index contributed by atoms with van der Waals surface area (Å²) in [5, 5.41) is 0.788. The Balaban J connectivity index is 1.17. The van der Waals surface area contributed by atoms with Crippen LogP contribution in [0.15, 0.2) is 111 Å². The van der Waals surface area contributed by atoms with Gasteiger partial charge in [0.05, 0.1) is 5.56 Å². The van der Waals surface area contributed by atoms with Crippen molar-refractivity contribution < 1.29 is 28.2 Å². The fourth-order valence-corrected chi connectivity index (χ4v) is 9.36. The zero-order valence-electron chi connectivity index (χ0n) is 34.6. The van der Waals surface area contributed by atoms with Crippen molar-refractivity contribution in [3.8, 4) is 5.75 Å². The maximum absolute atomic E-state index is 14.5. The molecule has 4 aliphatic rings. The van der Waals surface area contributed by atoms with Crippen molar-refractivity contribution >= 4 is 22.9 Å². The highest BCUT2D eigenvalue weighted by Gasteiger charge is 2.51. The number of carbonyl (C=O) groups is 2. The van der Waals surface area contributed by atoms with Gasteiger partial charge in [-0.05, 0) is 136 Å². The molecule has 0 fully saturated rings. The lowest BCUT2D eigenvalue weighted by atomic mass is 9.85. The molecule has 0 spiro atoms. The van der Waals surface area contributed by atoms with Gasteiger partial charge in [-0.3, -0.25) is 4.79 Å². The number of carbonyl (C=O) groups excluding carboxylic acids is 2. The Kier molecular flexibility index (Phi) is 10.7. The smallest absolute Gasteiger partial charge is 0.340 e. The number of rotatable bonds is 5. The summed E-state index contributed by atoms with van der Waals surface area (Å²) in [6.07, 6.45) is 3.84. The Morgan fingerprint density at radius 3 is 2.22 bits per heavy atom. The first-order valence-corrected chi connectivity index (χ1v) is 20.8. The molecule has 9 rings (SSSR count). The van der Waals surface area contributed by atoms with Crippen LogP contribution in [0.3, 0.4) is 0 Å². The van der Waals surface area contributed by atoms with Crippen molar-refractivity contribution in [3.05, 3.63) is 157 Å². The Bertz CT molecular complexity index is 2450. The van der Waals surface area contributed by atoms with E-state index in [-0.39, 0.29) is 17.8 Å². The summed E-state index contributed by atoms with van der Waals surface area (Å²) < 4.78 is 25.9. The average Bonchev–Trinajstić information content (AvgIpc) is 3.51. The van der Waals surface area contributed by atoms with Crippen LogP contribution in [-0.4, -0.2) is 23.6 Å². The summed E-state index contributed by atoms with van der Waals surface area (Å²) in [7, 11) is 0. The van der Waals surface area contributed by atoms with E-state index in [1.165, 1.54) is 16.7 Å². The van der Waals surface area contributed by atoms with Crippen LogP contribution in [0.1, 0.15) is 118 Å². The van der Waals surface area contributed by atoms with Crippen LogP contribution >= 0.6 is 0 Å². The molecule has 0 N–H and O–H groups in total. The highest BCUT2D eigenvalue weighted by atomic mass is 16.6. The molecule has 0 saturated carbocycles. The molecule has 1 aromatic heterocycles. The zero-order chi connectivity index (χ0) is 40.8. The number of esters is 2. The molecule has 7 nitrogen and oxygen atoms in total. The summed E-state index contributed by atoms with van der Waals surface area (Å²) in [4.78, 5) is 42.5. The van der Waals surface area contributed by atoms with Crippen LogP contribution in [0.4, 0.5) is 0 Å². The van der Waals surface area contributed by atoms with Gasteiger partial charge in [-0.1, -0.05) is 98.3 Å². The molecule has 4 heterocycles. The SMILES string of the molecule is CC(C)=C1CCc2ccc(cc2)C[C@H](CCc2cccc(Cc3ccccc3)c2)CC(=O)O[C@H]2c3c(ccc4c5c(c(=O)oc34)C(C)(C)CC5)OC(C)(C)[C@H]2OC1=O. The van der Waals surface area contributed by atoms with Crippen LogP contribution in [0.2, 0.25) is 0 Å². The molecule has 3 aliphatic heterocycles. The first-order valence-electron chi connectivity index (χ1n) is 20.8. The fourth-order valence-electron chi connectivity index (χ4n) is 9.36. The zero-order valence-corrected chi connectivity index (χ0v) is 34.6. The molecule has 7 heteroatoms. The predicted octanol–water partition coefficient (Wildman–Crippen LogP) is 10.4. The van der Waals surface area contributed by atoms with Gasteiger partial charge in [0.2, 0.25) is 0 Å². The van der Waals surface area contributed by atoms with Crippen molar-refractivity contribution in [2.24, 2.45) is 5.92 Å². The Morgan fingerprint density at radius 1 is 0.741 bits per heavy atom. The van der Waals surface area contributed by atoms with Crippen molar-refractivity contribution in [2.75, 3.05) is 0 Å². The molecule has 0 unspecified atom stereocenters. The van der Waals surface area contributed by atoms with Gasteiger partial charge < -0.3 is 18.6 Å². The Hall–Kier alpha value is -5.43. The van der Waals surface area contributed by atoms with Crippen molar-refractivity contribution in [1.29, 1.82) is 0 Å². The maximum Gasteiger partial charge on any atom is 0.340 e. The summed E-state index contributed by atoms with van der Waals surface area (Å²) in [6.45, 7) is 11.6. The molecule has 0 radical (unpaired) electrons. The highest BCUT2D eigenvalue weighted by Crippen LogP contribution is 2.49. The van der Waals surface area contributed by atoms with Crippen LogP contribution in [0, 0.1) is 5.92 Å². The number of benzene rings is 4. The molecule has 5 aromatic rings. The van der Waals surface area contributed by atoms with Crippen molar-refractivity contribution in [2.45, 2.75) is 123 Å². The Labute approximate surface area is 341 Å². The monoisotopic (exact) mass is 778 g/mol. The third-order valence-corrected chi connectivity index (χ3v) is 12.6. The summed E-state index contributed by atoms with van der Waals surface area (Å²) in [5.74, 6) is -0.492. The van der Waals surface area contributed by atoms with Gasteiger partial charge in [0.25, 0.3) is 0 Å². The van der Waals surface area contributed by atoms with Gasteiger partial charge in [0.1, 0.15) is 16.9 Å². The predicted molar refractivity (Wildman–Crippen MR) is 226 cm³/mol. The number of ether oxygens (including phenoxy) is 3. The van der Waals surface area contributed by atoms with E-state index in [1.807, 2.05) is 45.9 Å². The average molecular weight is 779 g/mol. The van der Waals surface area contributed by atoms with E-state index in [2.05, 4.69) is 86.6 Å². The lowest BCUT2D eigenvalue weighted by Crippen LogP contribution is -2.52. The Morgan fingerprint density at radius 2 is 1.47 bits per heavy atom. The second-order valence-electron chi connectivity index (χ2n) is 18.0. The number of fused-ring (bicyclic) bond motifs is 15. The minimum atomic E-state index is -1.10. The van der Waals surface area contributed by atoms with Crippen LogP contribution in [0.5, 0.6) is 5.75 Å². The van der Waals surface area contributed by atoms with E-state index in [1.54, 1.807) is 0 Å². The largest absolute Gasteiger partial charge is 0.483 e. The minimum Gasteiger partial charge on any atom is -0.483 e. The first-order chi connectivity index (χ1) is 27.8. The fraction of sp³-hybridized carbons (Fsp3) is 0.392. The third-order valence-electron chi connectivity index (χ3n) is 12.6. The number of aryl methyl sites for hydroxylation is 3. The first kappa shape index (κ1) is 39.4. The molecule has 0 saturated heterocycles. The van der Waals surface area contributed by atoms with Crippen LogP contribution < -0.4 is 10.4 Å². The van der Waals surface area contributed by atoms with Gasteiger partial charge >= 0.3 is 17.6 Å². The molecule has 1 aliphatic carbocycles. The van der Waals surface area contributed by atoms with E-state index in [0.29, 0.717) is 47.3 Å². The summed E-state index contributed by atoms with van der Waals surface area (Å²) >= 11 is 0. The number of allylic oxidation sites excluding steroid dienone is 1. The number of hydrogen-bond acceptors (Lipinski definition) is 7.